The van der Waals surface area contributed by atoms with Crippen LogP contribution in [0.5, 0.6) is 0 Å². The second kappa shape index (κ2) is 3.75. The third-order valence-corrected chi connectivity index (χ3v) is 2.57. The van der Waals surface area contributed by atoms with Gasteiger partial charge < -0.3 is 5.11 Å². The van der Waals surface area contributed by atoms with Crippen molar-refractivity contribution in [2.45, 2.75) is 25.4 Å². The molecule has 0 radical (unpaired) electrons. The highest BCUT2D eigenvalue weighted by atomic mass is 16.3. The Morgan fingerprint density at radius 3 is 2.92 bits per heavy atom. The predicted molar refractivity (Wildman–Crippen MR) is 50.0 cm³/mol. The van der Waals surface area contributed by atoms with Crippen molar-refractivity contribution in [2.24, 2.45) is 5.92 Å². The molecular formula is C10H14N2O. The first-order valence-corrected chi connectivity index (χ1v) is 4.68. The lowest BCUT2D eigenvalue weighted by molar-refractivity contribution is 0.146. The number of allylic oxidation sites excluding steroid dienone is 2. The zero-order chi connectivity index (χ0) is 9.10. The summed E-state index contributed by atoms with van der Waals surface area (Å²) >= 11 is 0. The minimum atomic E-state index is -0.358. The van der Waals surface area contributed by atoms with Crippen molar-refractivity contribution >= 4 is 0 Å². The zero-order valence-corrected chi connectivity index (χ0v) is 7.48. The lowest BCUT2D eigenvalue weighted by Gasteiger charge is -2.13. The van der Waals surface area contributed by atoms with Crippen molar-refractivity contribution in [3.8, 4) is 0 Å². The molecule has 1 aromatic heterocycles. The van der Waals surface area contributed by atoms with Crippen LogP contribution >= 0.6 is 0 Å². The van der Waals surface area contributed by atoms with Gasteiger partial charge in [0.05, 0.1) is 12.3 Å². The van der Waals surface area contributed by atoms with E-state index in [0.717, 1.165) is 24.8 Å². The van der Waals surface area contributed by atoms with E-state index in [9.17, 15) is 5.11 Å². The molecule has 3 nitrogen and oxygen atoms in total. The Kier molecular flexibility index (Phi) is 2.45. The quantitative estimate of drug-likeness (QED) is 0.693. The number of aliphatic hydroxyl groups is 1. The summed E-state index contributed by atoms with van der Waals surface area (Å²) in [5, 5.41) is 16.3. The number of H-pyrrole nitrogens is 1. The fraction of sp³-hybridized carbons (Fsp3) is 0.500. The van der Waals surface area contributed by atoms with E-state index in [0.29, 0.717) is 5.92 Å². The Morgan fingerprint density at radius 2 is 2.31 bits per heavy atom. The summed E-state index contributed by atoms with van der Waals surface area (Å²) < 4.78 is 0. The molecule has 1 aliphatic rings. The van der Waals surface area contributed by atoms with Crippen LogP contribution in [0.1, 0.15) is 30.9 Å². The fourth-order valence-corrected chi connectivity index (χ4v) is 1.76. The topological polar surface area (TPSA) is 48.9 Å². The molecule has 0 saturated heterocycles. The molecule has 0 amide bonds. The van der Waals surface area contributed by atoms with Crippen LogP contribution in [0.2, 0.25) is 0 Å². The van der Waals surface area contributed by atoms with E-state index in [1.165, 1.54) is 0 Å². The van der Waals surface area contributed by atoms with E-state index < -0.39 is 0 Å². The first kappa shape index (κ1) is 8.51. The van der Waals surface area contributed by atoms with Gasteiger partial charge in [0.1, 0.15) is 0 Å². The molecule has 70 valence electrons. The van der Waals surface area contributed by atoms with Crippen molar-refractivity contribution in [2.75, 3.05) is 0 Å². The first-order chi connectivity index (χ1) is 6.36. The Balaban J connectivity index is 1.88. The Bertz CT molecular complexity index is 271. The highest BCUT2D eigenvalue weighted by molar-refractivity contribution is 5.07. The van der Waals surface area contributed by atoms with Crippen LogP contribution in [0.15, 0.2) is 24.5 Å². The van der Waals surface area contributed by atoms with Gasteiger partial charge in [0.2, 0.25) is 0 Å². The van der Waals surface area contributed by atoms with E-state index in [4.69, 9.17) is 0 Å². The minimum Gasteiger partial charge on any atom is -0.388 e. The van der Waals surface area contributed by atoms with Crippen LogP contribution in [0, 0.1) is 5.92 Å². The minimum absolute atomic E-state index is 0.358. The summed E-state index contributed by atoms with van der Waals surface area (Å²) in [7, 11) is 0. The molecule has 0 spiro atoms. The molecular weight excluding hydrogens is 164 g/mol. The van der Waals surface area contributed by atoms with E-state index in [-0.39, 0.29) is 6.10 Å². The second-order valence-corrected chi connectivity index (χ2v) is 3.59. The Hall–Kier alpha value is -1.09. The fourth-order valence-electron chi connectivity index (χ4n) is 1.76. The molecule has 0 aliphatic heterocycles. The van der Waals surface area contributed by atoms with Crippen molar-refractivity contribution in [3.05, 3.63) is 30.1 Å². The number of aliphatic hydroxyl groups excluding tert-OH is 1. The molecule has 1 aromatic rings. The number of rotatable bonds is 3. The van der Waals surface area contributed by atoms with Gasteiger partial charge in [-0.15, -0.1) is 0 Å². The number of nitrogens with zero attached hydrogens (tertiary/aromatic N) is 1. The molecule has 1 atom stereocenters. The molecule has 0 saturated carbocycles. The molecule has 13 heavy (non-hydrogen) atoms. The lowest BCUT2D eigenvalue weighted by atomic mass is 9.97. The van der Waals surface area contributed by atoms with Crippen LogP contribution in [-0.2, 0) is 0 Å². The summed E-state index contributed by atoms with van der Waals surface area (Å²) in [6.07, 6.45) is 10.5. The predicted octanol–water partition coefficient (Wildman–Crippen LogP) is 1.80. The molecule has 3 heteroatoms. The smallest absolute Gasteiger partial charge is 0.0823 e. The molecule has 0 bridgehead atoms. The molecule has 1 unspecified atom stereocenters. The van der Waals surface area contributed by atoms with Gasteiger partial charge in [-0.2, -0.15) is 5.10 Å². The van der Waals surface area contributed by atoms with Crippen molar-refractivity contribution in [1.29, 1.82) is 0 Å². The van der Waals surface area contributed by atoms with Gasteiger partial charge in [-0.1, -0.05) is 12.2 Å². The zero-order valence-electron chi connectivity index (χ0n) is 7.48. The number of hydrogen-bond donors (Lipinski definition) is 2. The maximum atomic E-state index is 9.78. The largest absolute Gasteiger partial charge is 0.388 e. The SMILES string of the molecule is OC(CC1CC=CC1)c1cn[nH]c1. The number of hydrogen-bond acceptors (Lipinski definition) is 2. The summed E-state index contributed by atoms with van der Waals surface area (Å²) in [5.74, 6) is 0.616. The van der Waals surface area contributed by atoms with Crippen molar-refractivity contribution < 1.29 is 5.11 Å². The van der Waals surface area contributed by atoms with Gasteiger partial charge in [0.15, 0.2) is 0 Å². The lowest BCUT2D eigenvalue weighted by Crippen LogP contribution is -2.03. The van der Waals surface area contributed by atoms with E-state index in [1.54, 1.807) is 12.4 Å². The normalized spacial score (nSPS) is 19.5. The van der Waals surface area contributed by atoms with Crippen LogP contribution in [0.3, 0.4) is 0 Å². The van der Waals surface area contributed by atoms with Gasteiger partial charge in [0.25, 0.3) is 0 Å². The number of aromatic amines is 1. The van der Waals surface area contributed by atoms with Gasteiger partial charge >= 0.3 is 0 Å². The summed E-state index contributed by atoms with van der Waals surface area (Å²) in [4.78, 5) is 0. The van der Waals surface area contributed by atoms with Crippen LogP contribution < -0.4 is 0 Å². The van der Waals surface area contributed by atoms with Crippen molar-refractivity contribution in [3.63, 3.8) is 0 Å². The average Bonchev–Trinajstić information content (AvgIpc) is 2.74. The van der Waals surface area contributed by atoms with Gasteiger partial charge in [-0.3, -0.25) is 5.10 Å². The van der Waals surface area contributed by atoms with Crippen molar-refractivity contribution in [1.82, 2.24) is 10.2 Å². The van der Waals surface area contributed by atoms with Crippen LogP contribution in [0.25, 0.3) is 0 Å². The first-order valence-electron chi connectivity index (χ1n) is 4.68. The second-order valence-electron chi connectivity index (χ2n) is 3.59. The molecule has 2 N–H and O–H groups in total. The summed E-state index contributed by atoms with van der Waals surface area (Å²) in [6.45, 7) is 0. The maximum absolute atomic E-state index is 9.78. The highest BCUT2D eigenvalue weighted by Crippen LogP contribution is 2.28. The monoisotopic (exact) mass is 178 g/mol. The Labute approximate surface area is 77.5 Å². The molecule has 1 aliphatic carbocycles. The maximum Gasteiger partial charge on any atom is 0.0823 e. The number of aromatic nitrogens is 2. The van der Waals surface area contributed by atoms with E-state index >= 15 is 0 Å². The third-order valence-electron chi connectivity index (χ3n) is 2.57. The molecule has 0 fully saturated rings. The molecule has 2 rings (SSSR count). The standard InChI is InChI=1S/C10H14N2O/c13-10(9-6-11-12-7-9)5-8-3-1-2-4-8/h1-2,6-8,10,13H,3-5H2,(H,11,12). The number of nitrogens with one attached hydrogen (secondary N) is 1. The van der Waals surface area contributed by atoms with Gasteiger partial charge in [0, 0.05) is 11.8 Å². The highest BCUT2D eigenvalue weighted by Gasteiger charge is 2.17. The third kappa shape index (κ3) is 1.98. The summed E-state index contributed by atoms with van der Waals surface area (Å²) in [5.41, 5.74) is 0.895. The summed E-state index contributed by atoms with van der Waals surface area (Å²) in [6, 6.07) is 0. The van der Waals surface area contributed by atoms with Gasteiger partial charge in [-0.05, 0) is 25.2 Å². The van der Waals surface area contributed by atoms with Crippen LogP contribution in [-0.4, -0.2) is 15.3 Å². The molecule has 1 heterocycles. The molecule has 0 aromatic carbocycles. The Morgan fingerprint density at radius 1 is 1.54 bits per heavy atom. The van der Waals surface area contributed by atoms with Gasteiger partial charge in [-0.25, -0.2) is 0 Å². The van der Waals surface area contributed by atoms with Crippen LogP contribution in [0.4, 0.5) is 0 Å². The van der Waals surface area contributed by atoms with E-state index in [2.05, 4.69) is 22.3 Å². The average molecular weight is 178 g/mol. The van der Waals surface area contributed by atoms with E-state index in [1.807, 2.05) is 0 Å².